The zero-order chi connectivity index (χ0) is 13.8. The van der Waals surface area contributed by atoms with Gasteiger partial charge in [-0.2, -0.15) is 0 Å². The van der Waals surface area contributed by atoms with Gasteiger partial charge in [0.05, 0.1) is 13.0 Å². The lowest BCUT2D eigenvalue weighted by atomic mass is 10.1. The highest BCUT2D eigenvalue weighted by atomic mass is 32.1. The van der Waals surface area contributed by atoms with E-state index in [4.69, 9.17) is 4.74 Å². The third-order valence-corrected chi connectivity index (χ3v) is 4.28. The molecule has 3 rings (SSSR count). The predicted octanol–water partition coefficient (Wildman–Crippen LogP) is 2.58. The summed E-state index contributed by atoms with van der Waals surface area (Å²) in [4.78, 5) is 12.9. The smallest absolute Gasteiger partial charge is 0.225 e. The van der Waals surface area contributed by atoms with Gasteiger partial charge in [-0.3, -0.25) is 4.79 Å². The molecule has 0 fully saturated rings. The minimum absolute atomic E-state index is 0.0944. The number of amides is 1. The standard InChI is InChI=1S/C16H17NO2S/c18-16(11-14-2-1-9-20-14)17-7-5-12-3-4-15-13(10-12)6-8-19-15/h1-4,9-10H,5-8,11H2,(H,17,18). The first-order valence-corrected chi connectivity index (χ1v) is 7.73. The summed E-state index contributed by atoms with van der Waals surface area (Å²) < 4.78 is 5.49. The number of benzene rings is 1. The molecule has 1 aromatic heterocycles. The van der Waals surface area contributed by atoms with E-state index in [2.05, 4.69) is 17.4 Å². The molecule has 0 spiro atoms. The van der Waals surface area contributed by atoms with Crippen LogP contribution in [-0.2, 0) is 24.1 Å². The fraction of sp³-hybridized carbons (Fsp3) is 0.312. The van der Waals surface area contributed by atoms with Gasteiger partial charge >= 0.3 is 0 Å². The van der Waals surface area contributed by atoms with E-state index in [9.17, 15) is 4.79 Å². The number of carbonyl (C=O) groups excluding carboxylic acids is 1. The van der Waals surface area contributed by atoms with Crippen LogP contribution in [0.25, 0.3) is 0 Å². The first-order chi connectivity index (χ1) is 9.81. The molecule has 1 N–H and O–H groups in total. The van der Waals surface area contributed by atoms with Crippen LogP contribution in [0.4, 0.5) is 0 Å². The summed E-state index contributed by atoms with van der Waals surface area (Å²) in [6.07, 6.45) is 2.34. The number of rotatable bonds is 5. The number of thiophene rings is 1. The van der Waals surface area contributed by atoms with E-state index in [0.29, 0.717) is 13.0 Å². The molecule has 1 aliphatic rings. The first kappa shape index (κ1) is 13.2. The van der Waals surface area contributed by atoms with Crippen LogP contribution in [-0.4, -0.2) is 19.1 Å². The Kier molecular flexibility index (Phi) is 4.02. The second-order valence-corrected chi connectivity index (χ2v) is 5.93. The van der Waals surface area contributed by atoms with E-state index in [1.165, 1.54) is 11.1 Å². The molecular weight excluding hydrogens is 270 g/mol. The average molecular weight is 287 g/mol. The normalized spacial score (nSPS) is 12.8. The Morgan fingerprint density at radius 2 is 2.30 bits per heavy atom. The highest BCUT2D eigenvalue weighted by Crippen LogP contribution is 2.25. The van der Waals surface area contributed by atoms with E-state index in [1.807, 2.05) is 23.6 Å². The van der Waals surface area contributed by atoms with Gasteiger partial charge in [0.1, 0.15) is 5.75 Å². The first-order valence-electron chi connectivity index (χ1n) is 6.85. The summed E-state index contributed by atoms with van der Waals surface area (Å²) >= 11 is 1.62. The van der Waals surface area contributed by atoms with Crippen LogP contribution >= 0.6 is 11.3 Å². The maximum Gasteiger partial charge on any atom is 0.225 e. The van der Waals surface area contributed by atoms with Gasteiger partial charge in [0.15, 0.2) is 0 Å². The van der Waals surface area contributed by atoms with Gasteiger partial charge < -0.3 is 10.1 Å². The van der Waals surface area contributed by atoms with E-state index in [-0.39, 0.29) is 5.91 Å². The van der Waals surface area contributed by atoms with Gasteiger partial charge in [-0.1, -0.05) is 18.2 Å². The van der Waals surface area contributed by atoms with Crippen LogP contribution in [0.15, 0.2) is 35.7 Å². The molecule has 1 aromatic carbocycles. The summed E-state index contributed by atoms with van der Waals surface area (Å²) in [6, 6.07) is 10.3. The lowest BCUT2D eigenvalue weighted by Gasteiger charge is -2.06. The van der Waals surface area contributed by atoms with Crippen molar-refractivity contribution in [1.82, 2.24) is 5.32 Å². The molecule has 0 aliphatic carbocycles. The topological polar surface area (TPSA) is 38.3 Å². The minimum Gasteiger partial charge on any atom is -0.493 e. The Balaban J connectivity index is 1.46. The molecule has 2 heterocycles. The van der Waals surface area contributed by atoms with Crippen molar-refractivity contribution in [1.29, 1.82) is 0 Å². The van der Waals surface area contributed by atoms with Crippen molar-refractivity contribution >= 4 is 17.2 Å². The largest absolute Gasteiger partial charge is 0.493 e. The summed E-state index contributed by atoms with van der Waals surface area (Å²) in [7, 11) is 0. The number of fused-ring (bicyclic) bond motifs is 1. The number of hydrogen-bond donors (Lipinski definition) is 1. The number of carbonyl (C=O) groups is 1. The molecule has 0 atom stereocenters. The Bertz CT molecular complexity index is 593. The van der Waals surface area contributed by atoms with Gasteiger partial charge in [-0.05, 0) is 35.1 Å². The molecule has 0 saturated carbocycles. The summed E-state index contributed by atoms with van der Waals surface area (Å²) in [5, 5.41) is 4.97. The summed E-state index contributed by atoms with van der Waals surface area (Å²) in [5.41, 5.74) is 2.54. The third-order valence-electron chi connectivity index (χ3n) is 3.40. The fourth-order valence-corrected chi connectivity index (χ4v) is 3.08. The Hall–Kier alpha value is -1.81. The van der Waals surface area contributed by atoms with Crippen molar-refractivity contribution in [2.75, 3.05) is 13.2 Å². The Morgan fingerprint density at radius 3 is 3.15 bits per heavy atom. The molecule has 20 heavy (non-hydrogen) atoms. The summed E-state index contributed by atoms with van der Waals surface area (Å²) in [5.74, 6) is 1.10. The van der Waals surface area contributed by atoms with Crippen LogP contribution in [0.2, 0.25) is 0 Å². The van der Waals surface area contributed by atoms with Crippen LogP contribution in [0.5, 0.6) is 5.75 Å². The van der Waals surface area contributed by atoms with Crippen molar-refractivity contribution in [3.8, 4) is 5.75 Å². The maximum absolute atomic E-state index is 11.8. The molecule has 4 heteroatoms. The van der Waals surface area contributed by atoms with Gasteiger partial charge in [0.2, 0.25) is 5.91 Å². The zero-order valence-electron chi connectivity index (χ0n) is 11.2. The van der Waals surface area contributed by atoms with E-state index in [0.717, 1.165) is 30.1 Å². The van der Waals surface area contributed by atoms with E-state index < -0.39 is 0 Å². The zero-order valence-corrected chi connectivity index (χ0v) is 12.0. The van der Waals surface area contributed by atoms with Crippen LogP contribution < -0.4 is 10.1 Å². The Labute approximate surface area is 122 Å². The molecule has 0 unspecified atom stereocenters. The molecule has 1 amide bonds. The van der Waals surface area contributed by atoms with Crippen molar-refractivity contribution < 1.29 is 9.53 Å². The van der Waals surface area contributed by atoms with Gasteiger partial charge in [0, 0.05) is 17.8 Å². The van der Waals surface area contributed by atoms with E-state index >= 15 is 0 Å². The quantitative estimate of drug-likeness (QED) is 0.918. The van der Waals surface area contributed by atoms with Gasteiger partial charge in [-0.15, -0.1) is 11.3 Å². The highest BCUT2D eigenvalue weighted by Gasteiger charge is 2.11. The number of hydrogen-bond acceptors (Lipinski definition) is 3. The molecule has 3 nitrogen and oxygen atoms in total. The third kappa shape index (κ3) is 3.20. The average Bonchev–Trinajstić information content (AvgIpc) is 3.09. The predicted molar refractivity (Wildman–Crippen MR) is 80.4 cm³/mol. The molecule has 1 aliphatic heterocycles. The van der Waals surface area contributed by atoms with Gasteiger partial charge in [0.25, 0.3) is 0 Å². The van der Waals surface area contributed by atoms with Crippen LogP contribution in [0.1, 0.15) is 16.0 Å². The molecule has 0 saturated heterocycles. The maximum atomic E-state index is 11.8. The second kappa shape index (κ2) is 6.09. The molecule has 0 radical (unpaired) electrons. The monoisotopic (exact) mass is 287 g/mol. The second-order valence-electron chi connectivity index (χ2n) is 4.90. The fourth-order valence-electron chi connectivity index (χ4n) is 2.38. The van der Waals surface area contributed by atoms with Crippen LogP contribution in [0.3, 0.4) is 0 Å². The minimum atomic E-state index is 0.0944. The molecule has 104 valence electrons. The van der Waals surface area contributed by atoms with Gasteiger partial charge in [-0.25, -0.2) is 0 Å². The molecule has 0 bridgehead atoms. The lowest BCUT2D eigenvalue weighted by Crippen LogP contribution is -2.26. The van der Waals surface area contributed by atoms with Crippen molar-refractivity contribution in [3.05, 3.63) is 51.7 Å². The highest BCUT2D eigenvalue weighted by molar-refractivity contribution is 7.10. The number of ether oxygens (including phenoxy) is 1. The van der Waals surface area contributed by atoms with Crippen molar-refractivity contribution in [2.24, 2.45) is 0 Å². The number of nitrogens with one attached hydrogen (secondary N) is 1. The molecule has 2 aromatic rings. The van der Waals surface area contributed by atoms with E-state index in [1.54, 1.807) is 11.3 Å². The van der Waals surface area contributed by atoms with Crippen LogP contribution in [0, 0.1) is 0 Å². The SMILES string of the molecule is O=C(Cc1cccs1)NCCc1ccc2c(c1)CCO2. The van der Waals surface area contributed by atoms with Crippen molar-refractivity contribution in [2.45, 2.75) is 19.3 Å². The van der Waals surface area contributed by atoms with Crippen molar-refractivity contribution in [3.63, 3.8) is 0 Å². The summed E-state index contributed by atoms with van der Waals surface area (Å²) in [6.45, 7) is 1.47. The lowest BCUT2D eigenvalue weighted by molar-refractivity contribution is -0.120. The molecular formula is C16H17NO2S. The Morgan fingerprint density at radius 1 is 1.35 bits per heavy atom.